The summed E-state index contributed by atoms with van der Waals surface area (Å²) in [5.74, 6) is -1.83. The van der Waals surface area contributed by atoms with Gasteiger partial charge in [-0.3, -0.25) is 9.59 Å². The van der Waals surface area contributed by atoms with Gasteiger partial charge < -0.3 is 10.0 Å². The van der Waals surface area contributed by atoms with Crippen LogP contribution in [0.4, 0.5) is 0 Å². The summed E-state index contributed by atoms with van der Waals surface area (Å²) >= 11 is 0. The molecule has 27 heavy (non-hydrogen) atoms. The average molecular weight is 366 g/mol. The van der Waals surface area contributed by atoms with Gasteiger partial charge >= 0.3 is 5.97 Å². The van der Waals surface area contributed by atoms with E-state index in [2.05, 4.69) is 5.10 Å². The van der Waals surface area contributed by atoms with Crippen LogP contribution in [0.15, 0.2) is 42.6 Å². The Bertz CT molecular complexity index is 982. The van der Waals surface area contributed by atoms with Gasteiger partial charge in [0.05, 0.1) is 28.8 Å². The number of hydrogen-bond acceptors (Lipinski definition) is 4. The van der Waals surface area contributed by atoms with Crippen molar-refractivity contribution >= 4 is 22.9 Å². The first kappa shape index (κ1) is 18.6. The van der Waals surface area contributed by atoms with E-state index in [9.17, 15) is 9.59 Å². The normalized spacial score (nSPS) is 12.1. The van der Waals surface area contributed by atoms with Gasteiger partial charge in [-0.1, -0.05) is 37.3 Å². The Morgan fingerprint density at radius 3 is 2.59 bits per heavy atom. The van der Waals surface area contributed by atoms with E-state index in [1.54, 1.807) is 30.9 Å². The van der Waals surface area contributed by atoms with Crippen molar-refractivity contribution in [2.24, 2.45) is 5.92 Å². The SMILES string of the molecule is CCn1ncc2c(C(=O)N(C)CC(C)C(=O)O)cc(-c3ccccc3)nc21. The number of aromatic nitrogens is 3. The van der Waals surface area contributed by atoms with Crippen LogP contribution in [0.3, 0.4) is 0 Å². The van der Waals surface area contributed by atoms with E-state index in [0.29, 0.717) is 28.8 Å². The van der Waals surface area contributed by atoms with Crippen molar-refractivity contribution in [2.45, 2.75) is 20.4 Å². The van der Waals surface area contributed by atoms with E-state index in [1.807, 2.05) is 37.3 Å². The van der Waals surface area contributed by atoms with Gasteiger partial charge in [0.2, 0.25) is 0 Å². The minimum absolute atomic E-state index is 0.126. The first-order valence-electron chi connectivity index (χ1n) is 8.82. The maximum Gasteiger partial charge on any atom is 0.308 e. The number of amides is 1. The number of aryl methyl sites for hydroxylation is 1. The summed E-state index contributed by atoms with van der Waals surface area (Å²) in [4.78, 5) is 30.3. The van der Waals surface area contributed by atoms with Crippen LogP contribution in [0.25, 0.3) is 22.3 Å². The van der Waals surface area contributed by atoms with Crippen LogP contribution in [-0.2, 0) is 11.3 Å². The Hall–Kier alpha value is -3.22. The molecular weight excluding hydrogens is 344 g/mol. The average Bonchev–Trinajstić information content (AvgIpc) is 3.10. The molecular formula is C20H22N4O3. The second-order valence-electron chi connectivity index (χ2n) is 6.54. The standard InChI is InChI=1S/C20H22N4O3/c1-4-24-18-16(11-21-24)15(19(25)23(3)12-13(2)20(26)27)10-17(22-18)14-8-6-5-7-9-14/h5-11,13H,4,12H2,1-3H3,(H,26,27). The van der Waals surface area contributed by atoms with Gasteiger partial charge in [0.1, 0.15) is 0 Å². The first-order valence-corrected chi connectivity index (χ1v) is 8.82. The molecule has 2 heterocycles. The summed E-state index contributed by atoms with van der Waals surface area (Å²) in [6, 6.07) is 11.4. The lowest BCUT2D eigenvalue weighted by Gasteiger charge is -2.20. The summed E-state index contributed by atoms with van der Waals surface area (Å²) in [7, 11) is 1.61. The molecule has 0 aliphatic heterocycles. The molecule has 0 radical (unpaired) electrons. The monoisotopic (exact) mass is 366 g/mol. The van der Waals surface area contributed by atoms with Crippen LogP contribution in [0, 0.1) is 5.92 Å². The van der Waals surface area contributed by atoms with E-state index in [-0.39, 0.29) is 12.5 Å². The number of pyridine rings is 1. The molecule has 1 N–H and O–H groups in total. The third-order valence-corrected chi connectivity index (χ3v) is 4.52. The molecule has 1 atom stereocenters. The molecule has 7 nitrogen and oxygen atoms in total. The fourth-order valence-corrected chi connectivity index (χ4v) is 2.99. The molecule has 1 amide bonds. The zero-order chi connectivity index (χ0) is 19.6. The number of aliphatic carboxylic acids is 1. The molecule has 1 unspecified atom stereocenters. The van der Waals surface area contributed by atoms with E-state index >= 15 is 0 Å². The second kappa shape index (κ2) is 7.57. The van der Waals surface area contributed by atoms with Gasteiger partial charge in [0.15, 0.2) is 5.65 Å². The van der Waals surface area contributed by atoms with Crippen LogP contribution in [-0.4, -0.2) is 50.2 Å². The number of rotatable bonds is 6. The predicted molar refractivity (Wildman–Crippen MR) is 102 cm³/mol. The van der Waals surface area contributed by atoms with Gasteiger partial charge in [-0.2, -0.15) is 5.10 Å². The number of nitrogens with zero attached hydrogens (tertiary/aromatic N) is 4. The maximum absolute atomic E-state index is 13.1. The highest BCUT2D eigenvalue weighted by molar-refractivity contribution is 6.06. The third-order valence-electron chi connectivity index (χ3n) is 4.52. The van der Waals surface area contributed by atoms with E-state index in [4.69, 9.17) is 10.1 Å². The molecule has 0 spiro atoms. The van der Waals surface area contributed by atoms with Crippen molar-refractivity contribution in [3.63, 3.8) is 0 Å². The van der Waals surface area contributed by atoms with Crippen molar-refractivity contribution in [1.82, 2.24) is 19.7 Å². The van der Waals surface area contributed by atoms with Gasteiger partial charge in [0, 0.05) is 25.7 Å². The molecule has 140 valence electrons. The van der Waals surface area contributed by atoms with Crippen LogP contribution in [0.1, 0.15) is 24.2 Å². The molecule has 2 aromatic heterocycles. The van der Waals surface area contributed by atoms with Crippen molar-refractivity contribution in [3.8, 4) is 11.3 Å². The van der Waals surface area contributed by atoms with Crippen molar-refractivity contribution < 1.29 is 14.7 Å². The molecule has 1 aromatic carbocycles. The van der Waals surface area contributed by atoms with Gasteiger partial charge in [-0.05, 0) is 13.0 Å². The van der Waals surface area contributed by atoms with Gasteiger partial charge in [0.25, 0.3) is 5.91 Å². The molecule has 0 fully saturated rings. The number of hydrogen-bond donors (Lipinski definition) is 1. The van der Waals surface area contributed by atoms with E-state index in [0.717, 1.165) is 5.56 Å². The number of carboxylic acids is 1. The highest BCUT2D eigenvalue weighted by Crippen LogP contribution is 2.26. The smallest absolute Gasteiger partial charge is 0.308 e. The second-order valence-corrected chi connectivity index (χ2v) is 6.54. The number of fused-ring (bicyclic) bond motifs is 1. The Morgan fingerprint density at radius 1 is 1.26 bits per heavy atom. The quantitative estimate of drug-likeness (QED) is 0.725. The van der Waals surface area contributed by atoms with E-state index < -0.39 is 11.9 Å². The topological polar surface area (TPSA) is 88.3 Å². The number of carboxylic acid groups (broad SMARTS) is 1. The Morgan fingerprint density at radius 2 is 1.96 bits per heavy atom. The lowest BCUT2D eigenvalue weighted by Crippen LogP contribution is -2.33. The van der Waals surface area contributed by atoms with Crippen molar-refractivity contribution in [1.29, 1.82) is 0 Å². The minimum atomic E-state index is -0.932. The van der Waals surface area contributed by atoms with Crippen molar-refractivity contribution in [3.05, 3.63) is 48.2 Å². The highest BCUT2D eigenvalue weighted by Gasteiger charge is 2.22. The van der Waals surface area contributed by atoms with Crippen LogP contribution >= 0.6 is 0 Å². The number of benzene rings is 1. The first-order chi connectivity index (χ1) is 12.9. The summed E-state index contributed by atoms with van der Waals surface area (Å²) in [5.41, 5.74) is 2.70. The summed E-state index contributed by atoms with van der Waals surface area (Å²) in [6.45, 7) is 4.30. The molecule has 0 aliphatic rings. The molecule has 3 aromatic rings. The molecule has 0 saturated carbocycles. The highest BCUT2D eigenvalue weighted by atomic mass is 16.4. The predicted octanol–water partition coefficient (Wildman–Crippen LogP) is 2.91. The molecule has 3 rings (SSSR count). The third kappa shape index (κ3) is 3.67. The molecule has 0 aliphatic carbocycles. The van der Waals surface area contributed by atoms with E-state index in [1.165, 1.54) is 4.90 Å². The Kier molecular flexibility index (Phi) is 5.21. The summed E-state index contributed by atoms with van der Waals surface area (Å²) < 4.78 is 1.75. The Balaban J connectivity index is 2.09. The van der Waals surface area contributed by atoms with Crippen molar-refractivity contribution in [2.75, 3.05) is 13.6 Å². The number of carbonyl (C=O) groups excluding carboxylic acids is 1. The van der Waals surface area contributed by atoms with Gasteiger partial charge in [-0.15, -0.1) is 0 Å². The molecule has 7 heteroatoms. The van der Waals surface area contributed by atoms with Gasteiger partial charge in [-0.25, -0.2) is 9.67 Å². The zero-order valence-electron chi connectivity index (χ0n) is 15.6. The fraction of sp³-hybridized carbons (Fsp3) is 0.300. The number of carbonyl (C=O) groups is 2. The largest absolute Gasteiger partial charge is 0.481 e. The fourth-order valence-electron chi connectivity index (χ4n) is 2.99. The summed E-state index contributed by atoms with van der Waals surface area (Å²) in [6.07, 6.45) is 1.64. The lowest BCUT2D eigenvalue weighted by atomic mass is 10.1. The Labute approximate surface area is 157 Å². The zero-order valence-corrected chi connectivity index (χ0v) is 15.6. The van der Waals surface area contributed by atoms with Crippen LogP contribution < -0.4 is 0 Å². The molecule has 0 bridgehead atoms. The lowest BCUT2D eigenvalue weighted by molar-refractivity contribution is -0.141. The maximum atomic E-state index is 13.1. The summed E-state index contributed by atoms with van der Waals surface area (Å²) in [5, 5.41) is 14.1. The van der Waals surface area contributed by atoms with Crippen LogP contribution in [0.5, 0.6) is 0 Å². The van der Waals surface area contributed by atoms with Crippen LogP contribution in [0.2, 0.25) is 0 Å². The molecule has 0 saturated heterocycles. The minimum Gasteiger partial charge on any atom is -0.481 e.